The molecule has 0 saturated carbocycles. The summed E-state index contributed by atoms with van der Waals surface area (Å²) in [6.45, 7) is 2.93. The summed E-state index contributed by atoms with van der Waals surface area (Å²) in [4.78, 5) is 0. The van der Waals surface area contributed by atoms with Gasteiger partial charge in [0.15, 0.2) is 0 Å². The van der Waals surface area contributed by atoms with Crippen molar-refractivity contribution in [3.8, 4) is 0 Å². The monoisotopic (exact) mass is 149 g/mol. The van der Waals surface area contributed by atoms with Crippen molar-refractivity contribution in [1.29, 1.82) is 0 Å². The van der Waals surface area contributed by atoms with Gasteiger partial charge < -0.3 is 10.1 Å². The molecule has 56 valence electrons. The minimum absolute atomic E-state index is 0.135. The Morgan fingerprint density at radius 1 is 1.67 bits per heavy atom. The lowest BCUT2D eigenvalue weighted by molar-refractivity contribution is 0.181. The quantitative estimate of drug-likeness (QED) is 0.598. The Kier molecular flexibility index (Phi) is 4.37. The summed E-state index contributed by atoms with van der Waals surface area (Å²) in [6.07, 6.45) is 1.02. The number of methoxy groups -OCH3 is 1. The summed E-state index contributed by atoms with van der Waals surface area (Å²) < 4.78 is 4.93. The van der Waals surface area contributed by atoms with Crippen LogP contribution < -0.4 is 5.32 Å². The zero-order valence-corrected chi connectivity index (χ0v) is 7.55. The average molecular weight is 149 g/mol. The predicted molar refractivity (Wildman–Crippen MR) is 43.7 cm³/mol. The van der Waals surface area contributed by atoms with Gasteiger partial charge in [-0.25, -0.2) is 0 Å². The molecular formula is C6H16NOP. The zero-order valence-electron chi connectivity index (χ0n) is 6.40. The Bertz CT molecular complexity index is 75.5. The van der Waals surface area contributed by atoms with E-state index >= 15 is 0 Å². The minimum atomic E-state index is 0.135. The molecule has 0 radical (unpaired) electrons. The predicted octanol–water partition coefficient (Wildman–Crippen LogP) is 0.834. The summed E-state index contributed by atoms with van der Waals surface area (Å²) in [5, 5.41) is 3.29. The van der Waals surface area contributed by atoms with Crippen molar-refractivity contribution in [2.75, 3.05) is 20.8 Å². The summed E-state index contributed by atoms with van der Waals surface area (Å²) in [7, 11) is 6.42. The lowest BCUT2D eigenvalue weighted by atomic mass is 10.2. The lowest BCUT2D eigenvalue weighted by Gasteiger charge is -2.22. The summed E-state index contributed by atoms with van der Waals surface area (Å²) in [5.74, 6) is 0. The zero-order chi connectivity index (χ0) is 7.33. The van der Waals surface area contributed by atoms with Gasteiger partial charge >= 0.3 is 0 Å². The molecule has 0 saturated heterocycles. The third-order valence-corrected chi connectivity index (χ3v) is 1.97. The normalized spacial score (nSPS) is 17.3. The molecule has 0 aliphatic heterocycles. The van der Waals surface area contributed by atoms with Crippen LogP contribution in [0.4, 0.5) is 0 Å². The van der Waals surface area contributed by atoms with Gasteiger partial charge in [-0.2, -0.15) is 0 Å². The van der Waals surface area contributed by atoms with Gasteiger partial charge in [0, 0.05) is 19.0 Å². The van der Waals surface area contributed by atoms with E-state index in [-0.39, 0.29) is 5.28 Å². The average Bonchev–Trinajstić information content (AvgIpc) is 1.84. The highest BCUT2D eigenvalue weighted by molar-refractivity contribution is 7.18. The van der Waals surface area contributed by atoms with E-state index in [0.29, 0.717) is 0 Å². The number of hydrogen-bond donors (Lipinski definition) is 1. The smallest absolute Gasteiger partial charge is 0.0483 e. The van der Waals surface area contributed by atoms with E-state index < -0.39 is 0 Å². The fourth-order valence-corrected chi connectivity index (χ4v) is 0.557. The Morgan fingerprint density at radius 2 is 2.22 bits per heavy atom. The van der Waals surface area contributed by atoms with Gasteiger partial charge in [0.05, 0.1) is 0 Å². The fraction of sp³-hybridized carbons (Fsp3) is 1.00. The second kappa shape index (κ2) is 4.21. The highest BCUT2D eigenvalue weighted by Gasteiger charge is 2.12. The van der Waals surface area contributed by atoms with Crippen LogP contribution in [0.5, 0.6) is 0 Å². The Labute approximate surface area is 59.6 Å². The molecular weight excluding hydrogens is 133 g/mol. The molecule has 2 nitrogen and oxygen atoms in total. The van der Waals surface area contributed by atoms with Crippen LogP contribution in [-0.4, -0.2) is 26.0 Å². The molecule has 0 fully saturated rings. The minimum Gasteiger partial charge on any atom is -0.385 e. The summed E-state index contributed by atoms with van der Waals surface area (Å²) in [6, 6.07) is 0. The van der Waals surface area contributed by atoms with Crippen LogP contribution >= 0.6 is 9.24 Å². The van der Waals surface area contributed by atoms with E-state index in [4.69, 9.17) is 4.74 Å². The first kappa shape index (κ1) is 9.35. The summed E-state index contributed by atoms with van der Waals surface area (Å²) in [5.41, 5.74) is 0. The van der Waals surface area contributed by atoms with Gasteiger partial charge in [0.2, 0.25) is 0 Å². The standard InChI is InChI=1S/C6H16NOP/c1-6(9,7-2)4-5-8-3/h7H,4-5,9H2,1-3H3. The van der Waals surface area contributed by atoms with Crippen molar-refractivity contribution < 1.29 is 4.74 Å². The van der Waals surface area contributed by atoms with Crippen molar-refractivity contribution in [1.82, 2.24) is 5.32 Å². The molecule has 0 rings (SSSR count). The first-order chi connectivity index (χ1) is 4.12. The summed E-state index contributed by atoms with van der Waals surface area (Å²) >= 11 is 0. The fourth-order valence-electron chi connectivity index (χ4n) is 0.439. The Morgan fingerprint density at radius 3 is 2.56 bits per heavy atom. The van der Waals surface area contributed by atoms with Crippen LogP contribution in [0.3, 0.4) is 0 Å². The SMILES string of the molecule is CNC(C)(P)CCOC. The van der Waals surface area contributed by atoms with E-state index in [9.17, 15) is 0 Å². The number of hydrogen-bond acceptors (Lipinski definition) is 2. The molecule has 0 aliphatic carbocycles. The van der Waals surface area contributed by atoms with Crippen LogP contribution in [0.2, 0.25) is 0 Å². The molecule has 0 aromatic heterocycles. The molecule has 0 heterocycles. The maximum absolute atomic E-state index is 4.93. The third kappa shape index (κ3) is 4.83. The Balaban J connectivity index is 3.33. The molecule has 0 bridgehead atoms. The van der Waals surface area contributed by atoms with Gasteiger partial charge in [-0.05, 0) is 20.4 Å². The second-order valence-corrected chi connectivity index (χ2v) is 3.68. The van der Waals surface area contributed by atoms with Crippen molar-refractivity contribution in [2.24, 2.45) is 0 Å². The lowest BCUT2D eigenvalue weighted by Crippen LogP contribution is -2.33. The topological polar surface area (TPSA) is 21.3 Å². The molecule has 0 spiro atoms. The molecule has 1 N–H and O–H groups in total. The molecule has 0 aliphatic rings. The molecule has 3 heteroatoms. The van der Waals surface area contributed by atoms with Crippen LogP contribution in [0.1, 0.15) is 13.3 Å². The highest BCUT2D eigenvalue weighted by atomic mass is 31.0. The maximum atomic E-state index is 4.93. The number of nitrogens with one attached hydrogen (secondary N) is 1. The van der Waals surface area contributed by atoms with E-state index in [1.807, 2.05) is 7.05 Å². The van der Waals surface area contributed by atoms with Crippen molar-refractivity contribution >= 4 is 9.24 Å². The van der Waals surface area contributed by atoms with Crippen molar-refractivity contribution in [3.05, 3.63) is 0 Å². The van der Waals surface area contributed by atoms with Gasteiger partial charge in [-0.1, -0.05) is 0 Å². The van der Waals surface area contributed by atoms with Gasteiger partial charge in [-0.3, -0.25) is 0 Å². The molecule has 2 atom stereocenters. The molecule has 0 aromatic carbocycles. The molecule has 2 unspecified atom stereocenters. The molecule has 0 amide bonds. The third-order valence-electron chi connectivity index (χ3n) is 1.40. The molecule has 0 aromatic rings. The van der Waals surface area contributed by atoms with E-state index in [1.165, 1.54) is 0 Å². The van der Waals surface area contributed by atoms with E-state index in [2.05, 4.69) is 21.5 Å². The van der Waals surface area contributed by atoms with E-state index in [1.54, 1.807) is 7.11 Å². The second-order valence-electron chi connectivity index (χ2n) is 2.41. The van der Waals surface area contributed by atoms with E-state index in [0.717, 1.165) is 13.0 Å². The number of ether oxygens (including phenoxy) is 1. The molecule has 9 heavy (non-hydrogen) atoms. The van der Waals surface area contributed by atoms with Crippen LogP contribution in [0.25, 0.3) is 0 Å². The van der Waals surface area contributed by atoms with Gasteiger partial charge in [-0.15, -0.1) is 9.24 Å². The first-order valence-corrected chi connectivity index (χ1v) is 3.67. The highest BCUT2D eigenvalue weighted by Crippen LogP contribution is 2.16. The van der Waals surface area contributed by atoms with Crippen molar-refractivity contribution in [2.45, 2.75) is 18.6 Å². The van der Waals surface area contributed by atoms with Crippen molar-refractivity contribution in [3.63, 3.8) is 0 Å². The van der Waals surface area contributed by atoms with Gasteiger partial charge in [0.25, 0.3) is 0 Å². The first-order valence-electron chi connectivity index (χ1n) is 3.09. The van der Waals surface area contributed by atoms with Gasteiger partial charge in [0.1, 0.15) is 0 Å². The largest absolute Gasteiger partial charge is 0.385 e. The maximum Gasteiger partial charge on any atom is 0.0483 e. The number of rotatable bonds is 4. The Hall–Kier alpha value is 0.350. The van der Waals surface area contributed by atoms with Crippen LogP contribution in [0, 0.1) is 0 Å². The van der Waals surface area contributed by atoms with Crippen LogP contribution in [-0.2, 0) is 4.74 Å². The van der Waals surface area contributed by atoms with Crippen LogP contribution in [0.15, 0.2) is 0 Å².